The lowest BCUT2D eigenvalue weighted by atomic mass is 10.1. The zero-order valence-corrected chi connectivity index (χ0v) is 11.6. The van der Waals surface area contributed by atoms with Gasteiger partial charge in [-0.2, -0.15) is 0 Å². The Hall–Kier alpha value is -1.14. The van der Waals surface area contributed by atoms with Crippen molar-refractivity contribution >= 4 is 9.84 Å². The number of rotatable bonds is 4. The van der Waals surface area contributed by atoms with E-state index in [4.69, 9.17) is 10.5 Å². The van der Waals surface area contributed by atoms with Crippen LogP contribution in [-0.2, 0) is 16.3 Å². The van der Waals surface area contributed by atoms with E-state index in [1.165, 1.54) is 12.1 Å². The number of ether oxygens (including phenoxy) is 1. The quantitative estimate of drug-likeness (QED) is 0.905. The van der Waals surface area contributed by atoms with Crippen LogP contribution in [0.15, 0.2) is 18.2 Å². The first-order valence-corrected chi connectivity index (χ1v) is 8.08. The molecule has 2 unspecified atom stereocenters. The van der Waals surface area contributed by atoms with Crippen LogP contribution in [0.3, 0.4) is 0 Å². The van der Waals surface area contributed by atoms with Crippen molar-refractivity contribution in [1.82, 2.24) is 0 Å². The Morgan fingerprint density at radius 2 is 2.21 bits per heavy atom. The molecule has 2 N–H and O–H groups in total. The summed E-state index contributed by atoms with van der Waals surface area (Å²) < 4.78 is 41.7. The molecule has 6 heteroatoms. The smallest absolute Gasteiger partial charge is 0.154 e. The fraction of sp³-hybridized carbons (Fsp3) is 0.538. The number of hydrogen-bond donors (Lipinski definition) is 1. The van der Waals surface area contributed by atoms with Crippen LogP contribution in [-0.4, -0.2) is 32.1 Å². The topological polar surface area (TPSA) is 69.4 Å². The maximum absolute atomic E-state index is 13.5. The maximum atomic E-state index is 13.5. The summed E-state index contributed by atoms with van der Waals surface area (Å²) in [7, 11) is -2.99. The highest BCUT2D eigenvalue weighted by molar-refractivity contribution is 7.91. The second kappa shape index (κ2) is 5.46. The van der Waals surface area contributed by atoms with E-state index in [-0.39, 0.29) is 23.7 Å². The van der Waals surface area contributed by atoms with Crippen LogP contribution in [0.4, 0.5) is 4.39 Å². The van der Waals surface area contributed by atoms with Crippen LogP contribution < -0.4 is 10.5 Å². The van der Waals surface area contributed by atoms with Crippen molar-refractivity contribution in [1.29, 1.82) is 0 Å². The van der Waals surface area contributed by atoms with Crippen molar-refractivity contribution in [2.75, 3.05) is 11.5 Å². The monoisotopic (exact) mass is 287 g/mol. The van der Waals surface area contributed by atoms with E-state index in [2.05, 4.69) is 0 Å². The molecule has 2 atom stereocenters. The van der Waals surface area contributed by atoms with Gasteiger partial charge in [0.05, 0.1) is 11.5 Å². The van der Waals surface area contributed by atoms with E-state index >= 15 is 0 Å². The molecule has 4 nitrogen and oxygen atoms in total. The molecule has 19 heavy (non-hydrogen) atoms. The van der Waals surface area contributed by atoms with Crippen molar-refractivity contribution in [3.63, 3.8) is 0 Å². The van der Waals surface area contributed by atoms with Gasteiger partial charge in [-0.1, -0.05) is 0 Å². The molecule has 0 bridgehead atoms. The van der Waals surface area contributed by atoms with Crippen molar-refractivity contribution in [3.05, 3.63) is 29.6 Å². The molecule has 1 fully saturated rings. The molecule has 2 rings (SSSR count). The Morgan fingerprint density at radius 3 is 2.79 bits per heavy atom. The average Bonchev–Trinajstić information content (AvgIpc) is 2.55. The highest BCUT2D eigenvalue weighted by Crippen LogP contribution is 2.22. The van der Waals surface area contributed by atoms with Gasteiger partial charge < -0.3 is 10.5 Å². The summed E-state index contributed by atoms with van der Waals surface area (Å²) in [5.41, 5.74) is 6.44. The molecule has 1 aromatic carbocycles. The maximum Gasteiger partial charge on any atom is 0.154 e. The Morgan fingerprint density at radius 1 is 1.47 bits per heavy atom. The van der Waals surface area contributed by atoms with E-state index in [0.29, 0.717) is 18.6 Å². The predicted octanol–water partition coefficient (Wildman–Crippen LogP) is 1.28. The van der Waals surface area contributed by atoms with Gasteiger partial charge in [0.15, 0.2) is 9.84 Å². The molecule has 1 aromatic rings. The number of sulfone groups is 1. The molecular weight excluding hydrogens is 269 g/mol. The summed E-state index contributed by atoms with van der Waals surface area (Å²) in [6.45, 7) is 1.84. The third-order valence-corrected chi connectivity index (χ3v) is 4.72. The lowest BCUT2D eigenvalue weighted by Crippen LogP contribution is -2.19. The van der Waals surface area contributed by atoms with E-state index < -0.39 is 15.7 Å². The largest absolute Gasteiger partial charge is 0.489 e. The second-order valence-electron chi connectivity index (χ2n) is 5.12. The first-order chi connectivity index (χ1) is 8.84. The fourth-order valence-corrected chi connectivity index (χ4v) is 3.81. The normalized spacial score (nSPS) is 23.2. The summed E-state index contributed by atoms with van der Waals surface area (Å²) in [6, 6.07) is 4.34. The standard InChI is InChI=1S/C13H18FNO3S/c1-9(15)4-10-5-11(14)7-13(6-10)18-12-2-3-19(16,17)8-12/h5-7,9,12H,2-4,8,15H2,1H3. The predicted molar refractivity (Wildman–Crippen MR) is 71.4 cm³/mol. The van der Waals surface area contributed by atoms with Gasteiger partial charge in [-0.25, -0.2) is 12.8 Å². The Labute approximate surface area is 112 Å². The first kappa shape index (κ1) is 14.3. The molecular formula is C13H18FNO3S. The van der Waals surface area contributed by atoms with Crippen molar-refractivity contribution in [2.45, 2.75) is 31.9 Å². The van der Waals surface area contributed by atoms with Gasteiger partial charge in [0.1, 0.15) is 17.7 Å². The number of benzene rings is 1. The minimum absolute atomic E-state index is 0.00609. The van der Waals surface area contributed by atoms with E-state index in [0.717, 1.165) is 5.56 Å². The summed E-state index contributed by atoms with van der Waals surface area (Å²) in [4.78, 5) is 0. The van der Waals surface area contributed by atoms with Gasteiger partial charge >= 0.3 is 0 Å². The summed E-state index contributed by atoms with van der Waals surface area (Å²) >= 11 is 0. The SMILES string of the molecule is CC(N)Cc1cc(F)cc(OC2CCS(=O)(=O)C2)c1. The lowest BCUT2D eigenvalue weighted by Gasteiger charge is -2.14. The molecule has 0 aliphatic carbocycles. The number of hydrogen-bond acceptors (Lipinski definition) is 4. The zero-order valence-electron chi connectivity index (χ0n) is 10.8. The van der Waals surface area contributed by atoms with E-state index in [1.54, 1.807) is 6.07 Å². The highest BCUT2D eigenvalue weighted by Gasteiger charge is 2.29. The Kier molecular flexibility index (Phi) is 4.10. The first-order valence-electron chi connectivity index (χ1n) is 6.26. The van der Waals surface area contributed by atoms with Gasteiger partial charge in [0, 0.05) is 12.1 Å². The molecule has 0 amide bonds. The van der Waals surface area contributed by atoms with Gasteiger partial charge in [-0.15, -0.1) is 0 Å². The molecule has 1 heterocycles. The molecule has 1 saturated heterocycles. The van der Waals surface area contributed by atoms with Crippen molar-refractivity contribution in [2.24, 2.45) is 5.73 Å². The van der Waals surface area contributed by atoms with Crippen LogP contribution in [0.1, 0.15) is 18.9 Å². The molecule has 1 aliphatic rings. The molecule has 106 valence electrons. The van der Waals surface area contributed by atoms with Crippen LogP contribution >= 0.6 is 0 Å². The number of halogens is 1. The third-order valence-electron chi connectivity index (χ3n) is 2.98. The Balaban J connectivity index is 2.10. The zero-order chi connectivity index (χ0) is 14.0. The molecule has 0 radical (unpaired) electrons. The van der Waals surface area contributed by atoms with Crippen LogP contribution in [0.5, 0.6) is 5.75 Å². The van der Waals surface area contributed by atoms with Crippen molar-refractivity contribution < 1.29 is 17.5 Å². The molecule has 0 saturated carbocycles. The minimum Gasteiger partial charge on any atom is -0.489 e. The second-order valence-corrected chi connectivity index (χ2v) is 7.35. The molecule has 0 spiro atoms. The highest BCUT2D eigenvalue weighted by atomic mass is 32.2. The van der Waals surface area contributed by atoms with E-state index in [1.807, 2.05) is 6.92 Å². The molecule has 0 aromatic heterocycles. The van der Waals surface area contributed by atoms with Crippen LogP contribution in [0.2, 0.25) is 0 Å². The number of nitrogens with two attached hydrogens (primary N) is 1. The van der Waals surface area contributed by atoms with Gasteiger partial charge in [0.25, 0.3) is 0 Å². The lowest BCUT2D eigenvalue weighted by molar-refractivity contribution is 0.227. The fourth-order valence-electron chi connectivity index (χ4n) is 2.22. The molecule has 1 aliphatic heterocycles. The average molecular weight is 287 g/mol. The van der Waals surface area contributed by atoms with Gasteiger partial charge in [-0.05, 0) is 37.5 Å². The van der Waals surface area contributed by atoms with Crippen LogP contribution in [0, 0.1) is 5.82 Å². The van der Waals surface area contributed by atoms with Gasteiger partial charge in [0.2, 0.25) is 0 Å². The summed E-state index contributed by atoms with van der Waals surface area (Å²) in [5, 5.41) is 0. The van der Waals surface area contributed by atoms with Crippen LogP contribution in [0.25, 0.3) is 0 Å². The van der Waals surface area contributed by atoms with Crippen molar-refractivity contribution in [3.8, 4) is 5.75 Å². The summed E-state index contributed by atoms with van der Waals surface area (Å²) in [5.74, 6) is 0.123. The van der Waals surface area contributed by atoms with E-state index in [9.17, 15) is 12.8 Å². The Bertz CT molecular complexity index is 557. The summed E-state index contributed by atoms with van der Waals surface area (Å²) in [6.07, 6.45) is 0.633. The van der Waals surface area contributed by atoms with Gasteiger partial charge in [-0.3, -0.25) is 0 Å². The third kappa shape index (κ3) is 4.18. The minimum atomic E-state index is -2.99.